The van der Waals surface area contributed by atoms with Crippen LogP contribution in [0.25, 0.3) is 16.9 Å². The summed E-state index contributed by atoms with van der Waals surface area (Å²) >= 11 is 0. The van der Waals surface area contributed by atoms with Gasteiger partial charge < -0.3 is 10.8 Å². The lowest BCUT2D eigenvalue weighted by Gasteiger charge is -1.97. The van der Waals surface area contributed by atoms with Gasteiger partial charge in [0, 0.05) is 5.56 Å². The van der Waals surface area contributed by atoms with Crippen LogP contribution in [0.2, 0.25) is 0 Å². The van der Waals surface area contributed by atoms with Gasteiger partial charge in [-0.25, -0.2) is 4.52 Å². The van der Waals surface area contributed by atoms with E-state index < -0.39 is 0 Å². The number of aromatic amines is 1. The number of fused-ring (bicyclic) bond motifs is 1. The molecule has 3 aromatic rings. The van der Waals surface area contributed by atoms with Crippen LogP contribution < -0.4 is 5.73 Å². The molecule has 1 aromatic carbocycles. The van der Waals surface area contributed by atoms with Crippen molar-refractivity contribution in [2.24, 2.45) is 0 Å². The highest BCUT2D eigenvalue weighted by molar-refractivity contribution is 5.83. The molecule has 3 rings (SSSR count). The summed E-state index contributed by atoms with van der Waals surface area (Å²) in [7, 11) is 0. The van der Waals surface area contributed by atoms with Gasteiger partial charge in [-0.15, -0.1) is 0 Å². The predicted molar refractivity (Wildman–Crippen MR) is 61.1 cm³/mol. The Labute approximate surface area is 91.1 Å². The lowest BCUT2D eigenvalue weighted by Crippen LogP contribution is -1.87. The number of hydrogen-bond acceptors (Lipinski definition) is 3. The molecule has 0 aliphatic rings. The van der Waals surface area contributed by atoms with Crippen molar-refractivity contribution in [3.8, 4) is 17.1 Å². The van der Waals surface area contributed by atoms with Gasteiger partial charge in [0.05, 0.1) is 11.9 Å². The van der Waals surface area contributed by atoms with E-state index in [1.54, 1.807) is 4.52 Å². The Hall–Kier alpha value is -2.43. The van der Waals surface area contributed by atoms with E-state index in [-0.39, 0.29) is 5.88 Å². The maximum atomic E-state index is 9.22. The first-order valence-corrected chi connectivity index (χ1v) is 4.86. The van der Waals surface area contributed by atoms with E-state index in [0.717, 1.165) is 11.3 Å². The van der Waals surface area contributed by atoms with E-state index in [4.69, 9.17) is 5.73 Å². The van der Waals surface area contributed by atoms with Crippen LogP contribution in [0.3, 0.4) is 0 Å². The van der Waals surface area contributed by atoms with Crippen molar-refractivity contribution in [2.45, 2.75) is 0 Å². The number of hydrogen-bond donors (Lipinski definition) is 3. The summed E-state index contributed by atoms with van der Waals surface area (Å²) in [6.45, 7) is 0. The fourth-order valence-corrected chi connectivity index (χ4v) is 1.76. The van der Waals surface area contributed by atoms with Crippen LogP contribution in [0.4, 0.5) is 5.69 Å². The Bertz CT molecular complexity index is 639. The maximum absolute atomic E-state index is 9.22. The number of nitrogens with zero attached hydrogens (tertiary/aromatic N) is 2. The molecule has 0 amide bonds. The molecule has 0 aliphatic heterocycles. The van der Waals surface area contributed by atoms with Crippen molar-refractivity contribution in [3.05, 3.63) is 36.5 Å². The zero-order valence-electron chi connectivity index (χ0n) is 8.38. The molecule has 0 atom stereocenters. The highest BCUT2D eigenvalue weighted by Crippen LogP contribution is 2.28. The molecule has 0 radical (unpaired) electrons. The summed E-state index contributed by atoms with van der Waals surface area (Å²) < 4.78 is 1.60. The fourth-order valence-electron chi connectivity index (χ4n) is 1.76. The van der Waals surface area contributed by atoms with E-state index in [1.807, 2.05) is 30.3 Å². The van der Waals surface area contributed by atoms with E-state index in [1.165, 1.54) is 6.20 Å². The molecular formula is C11H10N4O. The second-order valence-corrected chi connectivity index (χ2v) is 3.56. The van der Waals surface area contributed by atoms with Crippen LogP contribution in [-0.2, 0) is 0 Å². The minimum Gasteiger partial charge on any atom is -0.492 e. The molecule has 0 aliphatic carbocycles. The first kappa shape index (κ1) is 8.84. The molecule has 5 heteroatoms. The van der Waals surface area contributed by atoms with E-state index in [0.29, 0.717) is 11.3 Å². The second-order valence-electron chi connectivity index (χ2n) is 3.56. The number of aromatic nitrogens is 3. The SMILES string of the molecule is Nc1c(-c2ccccc2)[nH]n2cc(O)nc12. The smallest absolute Gasteiger partial charge is 0.231 e. The average Bonchev–Trinajstić information content (AvgIpc) is 2.79. The van der Waals surface area contributed by atoms with E-state index in [9.17, 15) is 5.11 Å². The lowest BCUT2D eigenvalue weighted by molar-refractivity contribution is 0.456. The Morgan fingerprint density at radius 1 is 1.25 bits per heavy atom. The van der Waals surface area contributed by atoms with Crippen molar-refractivity contribution in [3.63, 3.8) is 0 Å². The zero-order chi connectivity index (χ0) is 11.1. The van der Waals surface area contributed by atoms with Crippen molar-refractivity contribution < 1.29 is 5.11 Å². The number of imidazole rings is 1. The highest BCUT2D eigenvalue weighted by atomic mass is 16.3. The van der Waals surface area contributed by atoms with Crippen molar-refractivity contribution in [1.82, 2.24) is 14.6 Å². The number of H-pyrrole nitrogens is 1. The van der Waals surface area contributed by atoms with Gasteiger partial charge in [0.1, 0.15) is 5.69 Å². The summed E-state index contributed by atoms with van der Waals surface area (Å²) in [5.74, 6) is -0.0439. The summed E-state index contributed by atoms with van der Waals surface area (Å²) in [5.41, 5.74) is 8.83. The van der Waals surface area contributed by atoms with Gasteiger partial charge in [0.15, 0.2) is 5.65 Å². The number of anilines is 1. The molecule has 5 nitrogen and oxygen atoms in total. The molecule has 0 fully saturated rings. The fraction of sp³-hybridized carbons (Fsp3) is 0. The molecule has 80 valence electrons. The third kappa shape index (κ3) is 1.15. The standard InChI is InChI=1S/C11H10N4O/c12-9-10(7-4-2-1-3-5-7)14-15-6-8(16)13-11(9)15/h1-6,14,16H,12H2. The predicted octanol–water partition coefficient (Wildman–Crippen LogP) is 1.62. The molecule has 0 unspecified atom stereocenters. The summed E-state index contributed by atoms with van der Waals surface area (Å²) in [4.78, 5) is 3.92. The average molecular weight is 214 g/mol. The van der Waals surface area contributed by atoms with Crippen LogP contribution in [0, 0.1) is 0 Å². The van der Waals surface area contributed by atoms with Crippen LogP contribution in [-0.4, -0.2) is 19.7 Å². The van der Waals surface area contributed by atoms with Crippen LogP contribution in [0.5, 0.6) is 5.88 Å². The van der Waals surface area contributed by atoms with Crippen LogP contribution in [0.1, 0.15) is 0 Å². The minimum atomic E-state index is -0.0439. The summed E-state index contributed by atoms with van der Waals surface area (Å²) in [5, 5.41) is 12.3. The Morgan fingerprint density at radius 3 is 2.69 bits per heavy atom. The first-order valence-electron chi connectivity index (χ1n) is 4.86. The largest absolute Gasteiger partial charge is 0.492 e. The monoisotopic (exact) mass is 214 g/mol. The molecule has 4 N–H and O–H groups in total. The van der Waals surface area contributed by atoms with Crippen molar-refractivity contribution in [2.75, 3.05) is 5.73 Å². The van der Waals surface area contributed by atoms with Crippen molar-refractivity contribution in [1.29, 1.82) is 0 Å². The third-order valence-electron chi connectivity index (χ3n) is 2.50. The van der Waals surface area contributed by atoms with E-state index >= 15 is 0 Å². The van der Waals surface area contributed by atoms with Gasteiger partial charge in [0.2, 0.25) is 5.88 Å². The van der Waals surface area contributed by atoms with Crippen LogP contribution >= 0.6 is 0 Å². The second kappa shape index (κ2) is 3.03. The van der Waals surface area contributed by atoms with Crippen molar-refractivity contribution >= 4 is 11.3 Å². The minimum absolute atomic E-state index is 0.0439. The van der Waals surface area contributed by atoms with Gasteiger partial charge in [-0.1, -0.05) is 30.3 Å². The summed E-state index contributed by atoms with van der Waals surface area (Å²) in [6, 6.07) is 9.74. The Kier molecular flexibility index (Phi) is 1.67. The number of aromatic hydroxyl groups is 1. The zero-order valence-corrected chi connectivity index (χ0v) is 8.38. The maximum Gasteiger partial charge on any atom is 0.231 e. The molecule has 0 bridgehead atoms. The molecule has 2 aromatic heterocycles. The quantitative estimate of drug-likeness (QED) is 0.575. The molecular weight excluding hydrogens is 204 g/mol. The molecule has 16 heavy (non-hydrogen) atoms. The van der Waals surface area contributed by atoms with Gasteiger partial charge in [-0.3, -0.25) is 5.10 Å². The first-order chi connectivity index (χ1) is 7.75. The number of benzene rings is 1. The number of nitrogen functional groups attached to an aromatic ring is 1. The van der Waals surface area contributed by atoms with Crippen LogP contribution in [0.15, 0.2) is 36.5 Å². The normalized spacial score (nSPS) is 11.0. The third-order valence-corrected chi connectivity index (χ3v) is 2.50. The van der Waals surface area contributed by atoms with Gasteiger partial charge >= 0.3 is 0 Å². The van der Waals surface area contributed by atoms with E-state index in [2.05, 4.69) is 10.1 Å². The lowest BCUT2D eigenvalue weighted by atomic mass is 10.1. The Morgan fingerprint density at radius 2 is 2.00 bits per heavy atom. The molecule has 0 spiro atoms. The highest BCUT2D eigenvalue weighted by Gasteiger charge is 2.12. The number of nitrogens with two attached hydrogens (primary N) is 1. The Balaban J connectivity index is 2.25. The molecule has 0 saturated heterocycles. The number of rotatable bonds is 1. The van der Waals surface area contributed by atoms with Gasteiger partial charge in [-0.05, 0) is 0 Å². The molecule has 2 heterocycles. The van der Waals surface area contributed by atoms with Gasteiger partial charge in [0.25, 0.3) is 0 Å². The van der Waals surface area contributed by atoms with Gasteiger partial charge in [-0.2, -0.15) is 4.98 Å². The number of nitrogens with one attached hydrogen (secondary N) is 1. The summed E-state index contributed by atoms with van der Waals surface area (Å²) in [6.07, 6.45) is 1.48. The molecule has 0 saturated carbocycles. The topological polar surface area (TPSA) is 79.3 Å².